The van der Waals surface area contributed by atoms with Crippen molar-refractivity contribution < 1.29 is 4.74 Å². The van der Waals surface area contributed by atoms with E-state index in [0.29, 0.717) is 12.0 Å². The molecule has 1 atom stereocenters. The molecule has 0 aromatic rings. The summed E-state index contributed by atoms with van der Waals surface area (Å²) in [5.41, 5.74) is -0.303. The molecule has 0 aromatic carbocycles. The lowest BCUT2D eigenvalue weighted by molar-refractivity contribution is 0.167. The highest BCUT2D eigenvalue weighted by atomic mass is 16.5. The SMILES string of the molecule is COCCCN(C)CC(C#N)(NC1CC1)C1CC1. The number of nitrogens with zero attached hydrogens (tertiary/aromatic N) is 2. The summed E-state index contributed by atoms with van der Waals surface area (Å²) in [4.78, 5) is 2.27. The van der Waals surface area contributed by atoms with Gasteiger partial charge in [-0.15, -0.1) is 0 Å². The Morgan fingerprint density at radius 3 is 2.61 bits per heavy atom. The Morgan fingerprint density at radius 2 is 2.11 bits per heavy atom. The predicted octanol–water partition coefficient (Wildman–Crippen LogP) is 1.38. The molecule has 18 heavy (non-hydrogen) atoms. The maximum atomic E-state index is 9.62. The summed E-state index contributed by atoms with van der Waals surface area (Å²) in [5, 5.41) is 13.2. The van der Waals surface area contributed by atoms with Gasteiger partial charge in [-0.05, 0) is 45.1 Å². The molecule has 0 aliphatic heterocycles. The predicted molar refractivity (Wildman–Crippen MR) is 71.2 cm³/mol. The van der Waals surface area contributed by atoms with Crippen molar-refractivity contribution in [3.8, 4) is 6.07 Å². The monoisotopic (exact) mass is 251 g/mol. The molecule has 1 N–H and O–H groups in total. The van der Waals surface area contributed by atoms with Gasteiger partial charge in [-0.3, -0.25) is 5.32 Å². The minimum atomic E-state index is -0.303. The van der Waals surface area contributed by atoms with E-state index in [0.717, 1.165) is 26.1 Å². The van der Waals surface area contributed by atoms with Crippen LogP contribution < -0.4 is 5.32 Å². The van der Waals surface area contributed by atoms with E-state index in [1.807, 2.05) is 0 Å². The number of methoxy groups -OCH3 is 1. The van der Waals surface area contributed by atoms with E-state index in [9.17, 15) is 5.26 Å². The quantitative estimate of drug-likeness (QED) is 0.629. The average molecular weight is 251 g/mol. The van der Waals surface area contributed by atoms with Crippen molar-refractivity contribution in [2.45, 2.75) is 43.7 Å². The Labute approximate surface area is 110 Å². The molecule has 2 fully saturated rings. The van der Waals surface area contributed by atoms with E-state index in [1.54, 1.807) is 7.11 Å². The van der Waals surface area contributed by atoms with Crippen molar-refractivity contribution >= 4 is 0 Å². The van der Waals surface area contributed by atoms with Crippen LogP contribution in [0.15, 0.2) is 0 Å². The van der Waals surface area contributed by atoms with Crippen LogP contribution in [0.1, 0.15) is 32.1 Å². The number of rotatable bonds is 9. The number of nitrogens with one attached hydrogen (secondary N) is 1. The van der Waals surface area contributed by atoms with Crippen molar-refractivity contribution in [1.29, 1.82) is 5.26 Å². The number of ether oxygens (including phenoxy) is 1. The molecular weight excluding hydrogens is 226 g/mol. The number of nitriles is 1. The van der Waals surface area contributed by atoms with Crippen molar-refractivity contribution in [3.63, 3.8) is 0 Å². The van der Waals surface area contributed by atoms with Gasteiger partial charge in [0.15, 0.2) is 0 Å². The first-order valence-electron chi connectivity index (χ1n) is 7.06. The lowest BCUT2D eigenvalue weighted by atomic mass is 9.94. The summed E-state index contributed by atoms with van der Waals surface area (Å²) >= 11 is 0. The van der Waals surface area contributed by atoms with E-state index < -0.39 is 0 Å². The molecule has 2 saturated carbocycles. The van der Waals surface area contributed by atoms with Crippen LogP contribution in [-0.2, 0) is 4.74 Å². The number of hydrogen-bond donors (Lipinski definition) is 1. The van der Waals surface area contributed by atoms with Crippen LogP contribution in [0.4, 0.5) is 0 Å². The summed E-state index contributed by atoms with van der Waals surface area (Å²) in [7, 11) is 3.84. The fourth-order valence-corrected chi connectivity index (χ4v) is 2.60. The number of likely N-dealkylation sites (N-methyl/N-ethyl adjacent to an activating group) is 1. The van der Waals surface area contributed by atoms with Gasteiger partial charge < -0.3 is 9.64 Å². The van der Waals surface area contributed by atoms with Crippen LogP contribution in [0, 0.1) is 17.2 Å². The zero-order chi connectivity index (χ0) is 13.0. The van der Waals surface area contributed by atoms with Crippen LogP contribution in [0.2, 0.25) is 0 Å². The van der Waals surface area contributed by atoms with E-state index >= 15 is 0 Å². The van der Waals surface area contributed by atoms with Gasteiger partial charge in [-0.25, -0.2) is 0 Å². The molecule has 0 bridgehead atoms. The van der Waals surface area contributed by atoms with Gasteiger partial charge in [0.25, 0.3) is 0 Å². The molecular formula is C14H25N3O. The maximum Gasteiger partial charge on any atom is 0.122 e. The van der Waals surface area contributed by atoms with Gasteiger partial charge in [-0.1, -0.05) is 0 Å². The topological polar surface area (TPSA) is 48.3 Å². The van der Waals surface area contributed by atoms with Gasteiger partial charge in [0, 0.05) is 32.8 Å². The van der Waals surface area contributed by atoms with Crippen molar-refractivity contribution in [1.82, 2.24) is 10.2 Å². The molecule has 0 heterocycles. The molecule has 102 valence electrons. The van der Waals surface area contributed by atoms with Gasteiger partial charge in [0.05, 0.1) is 6.07 Å². The van der Waals surface area contributed by atoms with Gasteiger partial charge >= 0.3 is 0 Å². The highest BCUT2D eigenvalue weighted by molar-refractivity contribution is 5.18. The Kier molecular flexibility index (Phi) is 4.60. The average Bonchev–Trinajstić information content (AvgIpc) is 3.21. The molecule has 2 aliphatic rings. The maximum absolute atomic E-state index is 9.62. The molecule has 0 spiro atoms. The van der Waals surface area contributed by atoms with Gasteiger partial charge in [-0.2, -0.15) is 5.26 Å². The van der Waals surface area contributed by atoms with Gasteiger partial charge in [0.2, 0.25) is 0 Å². The molecule has 2 rings (SSSR count). The first-order chi connectivity index (χ1) is 8.70. The third-order valence-corrected chi connectivity index (χ3v) is 3.92. The lowest BCUT2D eigenvalue weighted by Gasteiger charge is -2.32. The van der Waals surface area contributed by atoms with E-state index in [1.165, 1.54) is 25.7 Å². The van der Waals surface area contributed by atoms with Crippen molar-refractivity contribution in [2.75, 3.05) is 33.9 Å². The Balaban J connectivity index is 1.85. The van der Waals surface area contributed by atoms with Gasteiger partial charge in [0.1, 0.15) is 5.54 Å². The Hall–Kier alpha value is -0.630. The van der Waals surface area contributed by atoms with E-state index in [2.05, 4.69) is 23.3 Å². The summed E-state index contributed by atoms with van der Waals surface area (Å²) in [6.45, 7) is 2.63. The fraction of sp³-hybridized carbons (Fsp3) is 0.929. The van der Waals surface area contributed by atoms with Crippen molar-refractivity contribution in [3.05, 3.63) is 0 Å². The Morgan fingerprint density at radius 1 is 1.39 bits per heavy atom. The second-order valence-electron chi connectivity index (χ2n) is 5.86. The second kappa shape index (κ2) is 6.01. The molecule has 4 heteroatoms. The summed E-state index contributed by atoms with van der Waals surface area (Å²) in [5.74, 6) is 0.563. The minimum Gasteiger partial charge on any atom is -0.385 e. The third-order valence-electron chi connectivity index (χ3n) is 3.92. The van der Waals surface area contributed by atoms with Crippen LogP contribution in [0.25, 0.3) is 0 Å². The number of hydrogen-bond acceptors (Lipinski definition) is 4. The lowest BCUT2D eigenvalue weighted by Crippen LogP contribution is -2.54. The standard InChI is InChI=1S/C14H25N3O/c1-17(8-3-9-18-2)11-14(10-15,12-4-5-12)16-13-6-7-13/h12-13,16H,3-9,11H2,1-2H3. The molecule has 2 aliphatic carbocycles. The molecule has 0 amide bonds. The second-order valence-corrected chi connectivity index (χ2v) is 5.86. The fourth-order valence-electron chi connectivity index (χ4n) is 2.60. The molecule has 4 nitrogen and oxygen atoms in total. The van der Waals surface area contributed by atoms with Crippen molar-refractivity contribution in [2.24, 2.45) is 5.92 Å². The highest BCUT2D eigenvalue weighted by Gasteiger charge is 2.48. The third kappa shape index (κ3) is 3.68. The first-order valence-corrected chi connectivity index (χ1v) is 7.06. The Bertz CT molecular complexity index is 307. The van der Waals surface area contributed by atoms with Crippen LogP contribution in [-0.4, -0.2) is 50.3 Å². The summed E-state index contributed by atoms with van der Waals surface area (Å²) in [6.07, 6.45) is 5.92. The summed E-state index contributed by atoms with van der Waals surface area (Å²) < 4.78 is 5.08. The first kappa shape index (κ1) is 13.8. The minimum absolute atomic E-state index is 0.303. The zero-order valence-corrected chi connectivity index (χ0v) is 11.6. The molecule has 0 saturated heterocycles. The summed E-state index contributed by atoms with van der Waals surface area (Å²) in [6, 6.07) is 3.18. The smallest absolute Gasteiger partial charge is 0.122 e. The van der Waals surface area contributed by atoms with E-state index in [4.69, 9.17) is 4.74 Å². The van der Waals surface area contributed by atoms with Crippen LogP contribution in [0.5, 0.6) is 0 Å². The van der Waals surface area contributed by atoms with Crippen LogP contribution >= 0.6 is 0 Å². The zero-order valence-electron chi connectivity index (χ0n) is 11.6. The largest absolute Gasteiger partial charge is 0.385 e. The van der Waals surface area contributed by atoms with Crippen LogP contribution in [0.3, 0.4) is 0 Å². The molecule has 0 aromatic heterocycles. The molecule has 1 unspecified atom stereocenters. The molecule has 0 radical (unpaired) electrons. The highest BCUT2D eigenvalue weighted by Crippen LogP contribution is 2.41. The van der Waals surface area contributed by atoms with E-state index in [-0.39, 0.29) is 5.54 Å². The normalized spacial score (nSPS) is 22.8.